The van der Waals surface area contributed by atoms with Crippen LogP contribution in [0, 0.1) is 5.92 Å². The molecule has 2 N–H and O–H groups in total. The van der Waals surface area contributed by atoms with E-state index in [2.05, 4.69) is 28.8 Å². The molecule has 3 heterocycles. The number of aromatic nitrogens is 3. The van der Waals surface area contributed by atoms with Gasteiger partial charge in [0.05, 0.1) is 12.1 Å². The van der Waals surface area contributed by atoms with E-state index in [1.165, 1.54) is 0 Å². The fourth-order valence-electron chi connectivity index (χ4n) is 3.42. The SMILES string of the molecule is CCN(CC)Cc1cnc2c(C(=O)N3CCCC(C(N)=O)C3)cnn2c1. The highest BCUT2D eigenvalue weighted by Crippen LogP contribution is 2.20. The normalized spacial score (nSPS) is 17.8. The van der Waals surface area contributed by atoms with E-state index in [4.69, 9.17) is 5.73 Å². The first kappa shape index (κ1) is 18.3. The van der Waals surface area contributed by atoms with Crippen molar-refractivity contribution in [3.05, 3.63) is 29.7 Å². The number of hydrogen-bond acceptors (Lipinski definition) is 5. The van der Waals surface area contributed by atoms with E-state index < -0.39 is 0 Å². The van der Waals surface area contributed by atoms with Crippen LogP contribution in [0.15, 0.2) is 18.6 Å². The van der Waals surface area contributed by atoms with Crippen LogP contribution in [0.3, 0.4) is 0 Å². The summed E-state index contributed by atoms with van der Waals surface area (Å²) in [7, 11) is 0. The molecule has 26 heavy (non-hydrogen) atoms. The van der Waals surface area contributed by atoms with Gasteiger partial charge >= 0.3 is 0 Å². The number of nitrogens with two attached hydrogens (primary N) is 1. The van der Waals surface area contributed by atoms with Crippen LogP contribution in [0.5, 0.6) is 0 Å². The molecule has 2 aromatic heterocycles. The van der Waals surface area contributed by atoms with Crippen LogP contribution >= 0.6 is 0 Å². The van der Waals surface area contributed by atoms with Crippen molar-refractivity contribution in [2.24, 2.45) is 11.7 Å². The van der Waals surface area contributed by atoms with Gasteiger partial charge in [-0.15, -0.1) is 0 Å². The van der Waals surface area contributed by atoms with Gasteiger partial charge in [-0.2, -0.15) is 5.10 Å². The van der Waals surface area contributed by atoms with Gasteiger partial charge in [0, 0.05) is 37.6 Å². The van der Waals surface area contributed by atoms with E-state index >= 15 is 0 Å². The van der Waals surface area contributed by atoms with Gasteiger partial charge < -0.3 is 10.6 Å². The standard InChI is InChI=1S/C18H26N6O2/c1-3-22(4-2)10-13-8-20-17-15(9-21-24(17)11-13)18(26)23-7-5-6-14(12-23)16(19)25/h8-9,11,14H,3-7,10,12H2,1-2H3,(H2,19,25). The average Bonchev–Trinajstić information content (AvgIpc) is 3.08. The van der Waals surface area contributed by atoms with Gasteiger partial charge in [-0.25, -0.2) is 9.50 Å². The zero-order valence-electron chi connectivity index (χ0n) is 15.4. The lowest BCUT2D eigenvalue weighted by Crippen LogP contribution is -2.44. The predicted molar refractivity (Wildman–Crippen MR) is 97.4 cm³/mol. The number of carbonyl (C=O) groups excluding carboxylic acids is 2. The van der Waals surface area contributed by atoms with Gasteiger partial charge in [0.2, 0.25) is 5.91 Å². The lowest BCUT2D eigenvalue weighted by molar-refractivity contribution is -0.123. The maximum absolute atomic E-state index is 12.9. The molecule has 0 radical (unpaired) electrons. The molecule has 140 valence electrons. The highest BCUT2D eigenvalue weighted by Gasteiger charge is 2.29. The Morgan fingerprint density at radius 3 is 2.77 bits per heavy atom. The number of nitrogens with zero attached hydrogens (tertiary/aromatic N) is 5. The minimum atomic E-state index is -0.346. The number of primary amides is 1. The molecule has 8 nitrogen and oxygen atoms in total. The van der Waals surface area contributed by atoms with E-state index in [1.54, 1.807) is 21.8 Å². The second-order valence-electron chi connectivity index (χ2n) is 6.74. The Morgan fingerprint density at radius 1 is 1.31 bits per heavy atom. The van der Waals surface area contributed by atoms with E-state index in [0.29, 0.717) is 24.3 Å². The maximum Gasteiger partial charge on any atom is 0.259 e. The number of fused-ring (bicyclic) bond motifs is 1. The van der Waals surface area contributed by atoms with E-state index in [9.17, 15) is 9.59 Å². The van der Waals surface area contributed by atoms with Crippen molar-refractivity contribution < 1.29 is 9.59 Å². The van der Waals surface area contributed by atoms with Gasteiger partial charge in [-0.1, -0.05) is 13.8 Å². The van der Waals surface area contributed by atoms with Crippen LogP contribution in [0.25, 0.3) is 5.65 Å². The van der Waals surface area contributed by atoms with Crippen LogP contribution < -0.4 is 5.73 Å². The highest BCUT2D eigenvalue weighted by atomic mass is 16.2. The first-order chi connectivity index (χ1) is 12.5. The first-order valence-corrected chi connectivity index (χ1v) is 9.16. The number of likely N-dealkylation sites (tertiary alicyclic amines) is 1. The molecular weight excluding hydrogens is 332 g/mol. The highest BCUT2D eigenvalue weighted by molar-refractivity contribution is 5.99. The smallest absolute Gasteiger partial charge is 0.259 e. The van der Waals surface area contributed by atoms with Crippen LogP contribution in [-0.4, -0.2) is 62.4 Å². The molecule has 0 bridgehead atoms. The van der Waals surface area contributed by atoms with Crippen LogP contribution in [0.4, 0.5) is 0 Å². The molecule has 0 aliphatic carbocycles. The third-order valence-corrected chi connectivity index (χ3v) is 5.05. The summed E-state index contributed by atoms with van der Waals surface area (Å²) < 4.78 is 1.65. The Morgan fingerprint density at radius 2 is 2.08 bits per heavy atom. The zero-order valence-corrected chi connectivity index (χ0v) is 15.4. The Bertz CT molecular complexity index is 798. The first-order valence-electron chi connectivity index (χ1n) is 9.16. The van der Waals surface area contributed by atoms with Crippen LogP contribution in [0.2, 0.25) is 0 Å². The maximum atomic E-state index is 12.9. The van der Waals surface area contributed by atoms with Crippen LogP contribution in [-0.2, 0) is 11.3 Å². The minimum Gasteiger partial charge on any atom is -0.369 e. The quantitative estimate of drug-likeness (QED) is 0.828. The molecular formula is C18H26N6O2. The second-order valence-corrected chi connectivity index (χ2v) is 6.74. The van der Waals surface area contributed by atoms with Crippen molar-refractivity contribution in [3.8, 4) is 0 Å². The third-order valence-electron chi connectivity index (χ3n) is 5.05. The number of carbonyl (C=O) groups is 2. The number of piperidine rings is 1. The van der Waals surface area contributed by atoms with Crippen LogP contribution in [0.1, 0.15) is 42.6 Å². The molecule has 2 amide bonds. The van der Waals surface area contributed by atoms with Crippen molar-refractivity contribution in [1.82, 2.24) is 24.4 Å². The van der Waals surface area contributed by atoms with Crippen molar-refractivity contribution in [2.75, 3.05) is 26.2 Å². The van der Waals surface area contributed by atoms with Crippen molar-refractivity contribution >= 4 is 17.5 Å². The summed E-state index contributed by atoms with van der Waals surface area (Å²) in [6, 6.07) is 0. The molecule has 1 fully saturated rings. The lowest BCUT2D eigenvalue weighted by atomic mass is 9.97. The molecule has 1 aliphatic rings. The molecule has 1 atom stereocenters. The molecule has 0 saturated carbocycles. The van der Waals surface area contributed by atoms with Gasteiger partial charge in [0.1, 0.15) is 5.56 Å². The molecule has 1 unspecified atom stereocenters. The fourth-order valence-corrected chi connectivity index (χ4v) is 3.42. The number of rotatable bonds is 6. The lowest BCUT2D eigenvalue weighted by Gasteiger charge is -2.30. The number of hydrogen-bond donors (Lipinski definition) is 1. The summed E-state index contributed by atoms with van der Waals surface area (Å²) in [6.45, 7) is 7.97. The van der Waals surface area contributed by atoms with Crippen molar-refractivity contribution in [2.45, 2.75) is 33.2 Å². The Labute approximate surface area is 153 Å². The van der Waals surface area contributed by atoms with E-state index in [0.717, 1.165) is 38.0 Å². The zero-order chi connectivity index (χ0) is 18.7. The van der Waals surface area contributed by atoms with Gasteiger partial charge in [-0.05, 0) is 25.9 Å². The summed E-state index contributed by atoms with van der Waals surface area (Å²) in [5.41, 5.74) is 7.46. The molecule has 3 rings (SSSR count). The summed E-state index contributed by atoms with van der Waals surface area (Å²) in [4.78, 5) is 32.8. The third kappa shape index (κ3) is 3.70. The topological polar surface area (TPSA) is 96.8 Å². The van der Waals surface area contributed by atoms with Crippen molar-refractivity contribution in [1.29, 1.82) is 0 Å². The molecule has 1 saturated heterocycles. The molecule has 8 heteroatoms. The minimum absolute atomic E-state index is 0.144. The number of amides is 2. The molecule has 0 spiro atoms. The van der Waals surface area contributed by atoms with E-state index in [1.807, 2.05) is 6.20 Å². The largest absolute Gasteiger partial charge is 0.369 e. The predicted octanol–water partition coefficient (Wildman–Crippen LogP) is 0.909. The molecule has 0 aromatic carbocycles. The van der Waals surface area contributed by atoms with Gasteiger partial charge in [0.25, 0.3) is 5.91 Å². The molecule has 2 aromatic rings. The molecule has 1 aliphatic heterocycles. The summed E-state index contributed by atoms with van der Waals surface area (Å²) in [5, 5.41) is 4.30. The van der Waals surface area contributed by atoms with E-state index in [-0.39, 0.29) is 17.7 Å². The monoisotopic (exact) mass is 358 g/mol. The van der Waals surface area contributed by atoms with Gasteiger partial charge in [0.15, 0.2) is 5.65 Å². The van der Waals surface area contributed by atoms with Gasteiger partial charge in [-0.3, -0.25) is 14.5 Å². The fraction of sp³-hybridized carbons (Fsp3) is 0.556. The van der Waals surface area contributed by atoms with Crippen molar-refractivity contribution in [3.63, 3.8) is 0 Å². The summed E-state index contributed by atoms with van der Waals surface area (Å²) >= 11 is 0. The average molecular weight is 358 g/mol. The summed E-state index contributed by atoms with van der Waals surface area (Å²) in [5.74, 6) is -0.764. The summed E-state index contributed by atoms with van der Waals surface area (Å²) in [6.07, 6.45) is 6.79. The second kappa shape index (κ2) is 7.82. The Kier molecular flexibility index (Phi) is 5.51. The Hall–Kier alpha value is -2.48. The Balaban J connectivity index is 1.80.